The number of carbonyl (C=O) groups excluding carboxylic acids is 1. The van der Waals surface area contributed by atoms with Gasteiger partial charge in [-0.1, -0.05) is 13.8 Å². The van der Waals surface area contributed by atoms with E-state index in [1.807, 2.05) is 33.8 Å². The average Bonchev–Trinajstić information content (AvgIpc) is 2.92. The highest BCUT2D eigenvalue weighted by Gasteiger charge is 2.15. The lowest BCUT2D eigenvalue weighted by molar-refractivity contribution is 0.0966. The van der Waals surface area contributed by atoms with Crippen molar-refractivity contribution in [2.45, 2.75) is 47.1 Å². The lowest BCUT2D eigenvalue weighted by atomic mass is 10.1. The Morgan fingerprint density at radius 1 is 1.32 bits per heavy atom. The molecule has 0 aliphatic carbocycles. The average molecular weight is 277 g/mol. The first-order valence-electron chi connectivity index (χ1n) is 6.58. The number of thiophene rings is 1. The highest BCUT2D eigenvalue weighted by molar-refractivity contribution is 7.12. The van der Waals surface area contributed by atoms with E-state index < -0.39 is 0 Å². The summed E-state index contributed by atoms with van der Waals surface area (Å²) in [4.78, 5) is 19.0. The van der Waals surface area contributed by atoms with Gasteiger partial charge in [0, 0.05) is 28.2 Å². The second kappa shape index (κ2) is 5.65. The van der Waals surface area contributed by atoms with Crippen molar-refractivity contribution in [2.75, 3.05) is 0 Å². The molecule has 0 atom stereocenters. The number of carbonyl (C=O) groups is 1. The van der Waals surface area contributed by atoms with Crippen LogP contribution in [-0.2, 0) is 19.4 Å². The minimum Gasteiger partial charge on any atom is -0.292 e. The Morgan fingerprint density at radius 2 is 2.05 bits per heavy atom. The van der Waals surface area contributed by atoms with Gasteiger partial charge in [-0.2, -0.15) is 5.10 Å². The van der Waals surface area contributed by atoms with Crippen LogP contribution >= 0.6 is 11.3 Å². The monoisotopic (exact) mass is 277 g/mol. The fraction of sp³-hybridized carbons (Fsp3) is 0.500. The van der Waals surface area contributed by atoms with E-state index in [9.17, 15) is 4.79 Å². The summed E-state index contributed by atoms with van der Waals surface area (Å²) in [6.45, 7) is 8.35. The Bertz CT molecular complexity index is 598. The molecule has 0 unspecified atom stereocenters. The van der Waals surface area contributed by atoms with Gasteiger partial charge < -0.3 is 0 Å². The van der Waals surface area contributed by atoms with Crippen molar-refractivity contribution in [1.82, 2.24) is 14.8 Å². The van der Waals surface area contributed by atoms with Crippen LogP contribution in [-0.4, -0.2) is 20.5 Å². The lowest BCUT2D eigenvalue weighted by Crippen LogP contribution is -2.14. The van der Waals surface area contributed by atoms with E-state index in [1.165, 1.54) is 4.88 Å². The Balaban J connectivity index is 2.23. The third-order valence-corrected chi connectivity index (χ3v) is 4.03. The molecule has 2 aromatic rings. The standard InChI is InChI=1S/C14H19N3OS/c1-5-13-15-14(6-2)17(16-13)8-12(18)11-7-9(3)19-10(11)4/h7H,5-6,8H2,1-4H3. The molecule has 0 bridgehead atoms. The fourth-order valence-corrected chi connectivity index (χ4v) is 3.04. The molecule has 0 radical (unpaired) electrons. The number of ketones is 1. The summed E-state index contributed by atoms with van der Waals surface area (Å²) >= 11 is 1.66. The lowest BCUT2D eigenvalue weighted by Gasteiger charge is -2.03. The zero-order valence-corrected chi connectivity index (χ0v) is 12.7. The molecule has 2 heterocycles. The van der Waals surface area contributed by atoms with Gasteiger partial charge in [-0.3, -0.25) is 4.79 Å². The first-order valence-corrected chi connectivity index (χ1v) is 7.39. The first kappa shape index (κ1) is 13.9. The SMILES string of the molecule is CCc1nc(CC)n(CC(=O)c2cc(C)sc2C)n1. The van der Waals surface area contributed by atoms with Crippen LogP contribution in [0.25, 0.3) is 0 Å². The Kier molecular flexibility index (Phi) is 4.14. The number of hydrogen-bond donors (Lipinski definition) is 0. The van der Waals surface area contributed by atoms with Gasteiger partial charge in [0.1, 0.15) is 12.4 Å². The van der Waals surface area contributed by atoms with Gasteiger partial charge in [0.25, 0.3) is 0 Å². The van der Waals surface area contributed by atoms with Gasteiger partial charge >= 0.3 is 0 Å². The largest absolute Gasteiger partial charge is 0.292 e. The quantitative estimate of drug-likeness (QED) is 0.789. The molecule has 0 saturated carbocycles. The molecule has 0 spiro atoms. The summed E-state index contributed by atoms with van der Waals surface area (Å²) in [5, 5.41) is 4.39. The molecule has 0 amide bonds. The second-order valence-corrected chi connectivity index (χ2v) is 6.02. The maximum Gasteiger partial charge on any atom is 0.185 e. The van der Waals surface area contributed by atoms with E-state index in [0.717, 1.165) is 34.9 Å². The zero-order chi connectivity index (χ0) is 14.0. The van der Waals surface area contributed by atoms with E-state index in [1.54, 1.807) is 16.0 Å². The predicted molar refractivity (Wildman–Crippen MR) is 76.9 cm³/mol. The number of aromatic nitrogens is 3. The van der Waals surface area contributed by atoms with Gasteiger partial charge in [-0.05, 0) is 19.9 Å². The van der Waals surface area contributed by atoms with Crippen LogP contribution in [0, 0.1) is 13.8 Å². The van der Waals surface area contributed by atoms with Crippen molar-refractivity contribution in [3.63, 3.8) is 0 Å². The fourth-order valence-electron chi connectivity index (χ4n) is 2.09. The van der Waals surface area contributed by atoms with Crippen LogP contribution in [0.2, 0.25) is 0 Å². The zero-order valence-electron chi connectivity index (χ0n) is 11.9. The third kappa shape index (κ3) is 2.92. The molecule has 0 aromatic carbocycles. The summed E-state index contributed by atoms with van der Waals surface area (Å²) in [7, 11) is 0. The molecule has 0 fully saturated rings. The van der Waals surface area contributed by atoms with E-state index in [4.69, 9.17) is 0 Å². The molecule has 0 saturated heterocycles. The van der Waals surface area contributed by atoms with Crippen LogP contribution in [0.15, 0.2) is 6.07 Å². The van der Waals surface area contributed by atoms with Crippen LogP contribution in [0.4, 0.5) is 0 Å². The van der Waals surface area contributed by atoms with Crippen LogP contribution in [0.3, 0.4) is 0 Å². The second-order valence-electron chi connectivity index (χ2n) is 4.56. The summed E-state index contributed by atoms with van der Waals surface area (Å²) in [5.74, 6) is 1.81. The van der Waals surface area contributed by atoms with E-state index >= 15 is 0 Å². The molecular weight excluding hydrogens is 258 g/mol. The molecule has 2 aromatic heterocycles. The van der Waals surface area contributed by atoms with Crippen molar-refractivity contribution in [2.24, 2.45) is 0 Å². The number of hydrogen-bond acceptors (Lipinski definition) is 4. The molecule has 0 aliphatic rings. The van der Waals surface area contributed by atoms with Crippen molar-refractivity contribution in [3.8, 4) is 0 Å². The summed E-state index contributed by atoms with van der Waals surface area (Å²) in [6.07, 6.45) is 1.59. The Labute approximate surface area is 117 Å². The van der Waals surface area contributed by atoms with Crippen molar-refractivity contribution in [1.29, 1.82) is 0 Å². The smallest absolute Gasteiger partial charge is 0.185 e. The van der Waals surface area contributed by atoms with Gasteiger partial charge in [0.2, 0.25) is 0 Å². The summed E-state index contributed by atoms with van der Waals surface area (Å²) < 4.78 is 1.74. The van der Waals surface area contributed by atoms with Gasteiger partial charge in [0.05, 0.1) is 0 Å². The highest BCUT2D eigenvalue weighted by Crippen LogP contribution is 2.21. The first-order chi connectivity index (χ1) is 9.05. The molecule has 5 heteroatoms. The van der Waals surface area contributed by atoms with E-state index in [0.29, 0.717) is 0 Å². The van der Waals surface area contributed by atoms with Crippen molar-refractivity contribution in [3.05, 3.63) is 33.0 Å². The van der Waals surface area contributed by atoms with Crippen LogP contribution in [0.5, 0.6) is 0 Å². The topological polar surface area (TPSA) is 47.8 Å². The molecule has 4 nitrogen and oxygen atoms in total. The molecule has 0 N–H and O–H groups in total. The number of Topliss-reactive ketones (excluding diaryl/α,β-unsaturated/α-hetero) is 1. The van der Waals surface area contributed by atoms with Crippen LogP contribution in [0.1, 0.15) is 45.6 Å². The molecule has 2 rings (SSSR count). The normalized spacial score (nSPS) is 10.9. The number of rotatable bonds is 5. The Hall–Kier alpha value is -1.49. The molecule has 19 heavy (non-hydrogen) atoms. The van der Waals surface area contributed by atoms with E-state index in [2.05, 4.69) is 10.1 Å². The minimum absolute atomic E-state index is 0.115. The summed E-state index contributed by atoms with van der Waals surface area (Å²) in [6, 6.07) is 1.96. The van der Waals surface area contributed by atoms with E-state index in [-0.39, 0.29) is 12.3 Å². The maximum atomic E-state index is 12.3. The predicted octanol–water partition coefficient (Wildman–Crippen LogP) is 2.96. The molecular formula is C14H19N3OS. The van der Waals surface area contributed by atoms with Gasteiger partial charge in [0.15, 0.2) is 11.6 Å². The maximum absolute atomic E-state index is 12.3. The van der Waals surface area contributed by atoms with Gasteiger partial charge in [-0.15, -0.1) is 11.3 Å². The van der Waals surface area contributed by atoms with Gasteiger partial charge in [-0.25, -0.2) is 9.67 Å². The Morgan fingerprint density at radius 3 is 2.58 bits per heavy atom. The van der Waals surface area contributed by atoms with Crippen molar-refractivity contribution >= 4 is 17.1 Å². The van der Waals surface area contributed by atoms with Crippen LogP contribution < -0.4 is 0 Å². The molecule has 0 aliphatic heterocycles. The third-order valence-electron chi connectivity index (χ3n) is 3.06. The van der Waals surface area contributed by atoms with Crippen molar-refractivity contribution < 1.29 is 4.79 Å². The summed E-state index contributed by atoms with van der Waals surface area (Å²) in [5.41, 5.74) is 0.818. The molecule has 102 valence electrons. The highest BCUT2D eigenvalue weighted by atomic mass is 32.1. The number of aryl methyl sites for hydroxylation is 4. The number of nitrogens with zero attached hydrogens (tertiary/aromatic N) is 3. The minimum atomic E-state index is 0.115.